The second kappa shape index (κ2) is 5.97. The van der Waals surface area contributed by atoms with Crippen LogP contribution in [-0.2, 0) is 10.0 Å². The minimum Gasteiger partial charge on any atom is -0.343 e. The second-order valence-corrected chi connectivity index (χ2v) is 9.23. The zero-order valence-electron chi connectivity index (χ0n) is 12.1. The predicted molar refractivity (Wildman–Crippen MR) is 85.9 cm³/mol. The van der Waals surface area contributed by atoms with E-state index in [1.807, 2.05) is 32.6 Å². The van der Waals surface area contributed by atoms with E-state index in [-0.39, 0.29) is 12.1 Å². The lowest BCUT2D eigenvalue weighted by Crippen LogP contribution is -2.41. The van der Waals surface area contributed by atoms with Gasteiger partial charge in [-0.3, -0.25) is 4.31 Å². The first kappa shape index (κ1) is 16.7. The van der Waals surface area contributed by atoms with Gasteiger partial charge in [0.1, 0.15) is 4.58 Å². The Labute approximate surface area is 125 Å². The van der Waals surface area contributed by atoms with E-state index >= 15 is 0 Å². The van der Waals surface area contributed by atoms with Crippen LogP contribution in [0, 0.1) is 0 Å². The fourth-order valence-electron chi connectivity index (χ4n) is 1.89. The van der Waals surface area contributed by atoms with Gasteiger partial charge in [0.2, 0.25) is 10.0 Å². The monoisotopic (exact) mass is 323 g/mol. The number of thioether (sulfide) groups is 1. The number of aliphatic imine (C=N–C) groups is 1. The summed E-state index contributed by atoms with van der Waals surface area (Å²) in [6, 6.07) is 0.449. The maximum Gasteiger partial charge on any atom is 0.248 e. The fraction of sp³-hybridized carbons (Fsp3) is 0.818. The molecule has 0 amide bonds. The molecule has 1 atom stereocenters. The lowest BCUT2D eigenvalue weighted by atomic mass is 10.2. The summed E-state index contributed by atoms with van der Waals surface area (Å²) in [6.07, 6.45) is 0. The van der Waals surface area contributed by atoms with Gasteiger partial charge in [0.05, 0.1) is 0 Å². The molecule has 1 heterocycles. The molecule has 0 saturated carbocycles. The van der Waals surface area contributed by atoms with Crippen LogP contribution in [0.25, 0.3) is 0 Å². The van der Waals surface area contributed by atoms with E-state index in [0.29, 0.717) is 10.3 Å². The summed E-state index contributed by atoms with van der Waals surface area (Å²) in [5.41, 5.74) is 0. The molecule has 1 rings (SSSR count). The summed E-state index contributed by atoms with van der Waals surface area (Å²) < 4.78 is 24.5. The third-order valence-corrected chi connectivity index (χ3v) is 6.99. The molecular formula is C11H21N3O2S3. The molecule has 5 nitrogen and oxygen atoms in total. The minimum atomic E-state index is -3.28. The van der Waals surface area contributed by atoms with Crippen molar-refractivity contribution < 1.29 is 8.42 Å². The third-order valence-electron chi connectivity index (χ3n) is 2.87. The molecule has 1 saturated heterocycles. The number of thiocarbonyl (C=S) groups is 1. The number of sulfonamides is 1. The Hall–Kier alpha value is -0.340. The van der Waals surface area contributed by atoms with E-state index in [0.717, 1.165) is 0 Å². The average molecular weight is 324 g/mol. The van der Waals surface area contributed by atoms with E-state index in [1.54, 1.807) is 6.92 Å². The van der Waals surface area contributed by atoms with E-state index in [2.05, 4.69) is 4.99 Å². The Balaban J connectivity index is 3.01. The van der Waals surface area contributed by atoms with Crippen LogP contribution in [0.3, 0.4) is 0 Å². The maximum absolute atomic E-state index is 11.9. The van der Waals surface area contributed by atoms with Crippen molar-refractivity contribution >= 4 is 44.3 Å². The van der Waals surface area contributed by atoms with Gasteiger partial charge >= 0.3 is 0 Å². The number of rotatable bonds is 2. The first-order chi connectivity index (χ1) is 8.59. The van der Waals surface area contributed by atoms with Crippen molar-refractivity contribution in [3.05, 3.63) is 0 Å². The Kier molecular flexibility index (Phi) is 5.25. The van der Waals surface area contributed by atoms with Crippen molar-refractivity contribution in [2.75, 3.05) is 7.05 Å². The van der Waals surface area contributed by atoms with Gasteiger partial charge in [-0.2, -0.15) is 4.99 Å². The van der Waals surface area contributed by atoms with Crippen molar-refractivity contribution in [1.82, 2.24) is 9.21 Å². The van der Waals surface area contributed by atoms with Gasteiger partial charge in [0.15, 0.2) is 10.3 Å². The Morgan fingerprint density at radius 3 is 2.16 bits per heavy atom. The molecule has 0 bridgehead atoms. The maximum atomic E-state index is 11.9. The molecule has 0 radical (unpaired) electrons. The Morgan fingerprint density at radius 2 is 1.84 bits per heavy atom. The summed E-state index contributed by atoms with van der Waals surface area (Å²) >= 11 is 6.56. The van der Waals surface area contributed by atoms with Crippen molar-refractivity contribution in [3.8, 4) is 0 Å². The third kappa shape index (κ3) is 3.41. The molecule has 0 aromatic rings. The van der Waals surface area contributed by atoms with Crippen molar-refractivity contribution in [2.24, 2.45) is 4.99 Å². The van der Waals surface area contributed by atoms with Crippen LogP contribution in [0.15, 0.2) is 4.99 Å². The fourth-order valence-corrected chi connectivity index (χ4v) is 5.32. The van der Waals surface area contributed by atoms with Crippen LogP contribution in [0.4, 0.5) is 0 Å². The molecule has 8 heteroatoms. The SMILES string of the molecule is CC(C)N(C(=S)/N=C1\SC(C)S(=O)(=O)N1C)C(C)C. The molecule has 1 unspecified atom stereocenters. The smallest absolute Gasteiger partial charge is 0.248 e. The van der Waals surface area contributed by atoms with E-state index in [4.69, 9.17) is 12.2 Å². The van der Waals surface area contributed by atoms with E-state index in [1.165, 1.54) is 23.1 Å². The van der Waals surface area contributed by atoms with Gasteiger partial charge in [0, 0.05) is 19.1 Å². The van der Waals surface area contributed by atoms with Crippen molar-refractivity contribution in [3.63, 3.8) is 0 Å². The van der Waals surface area contributed by atoms with Crippen molar-refractivity contribution in [1.29, 1.82) is 0 Å². The zero-order chi connectivity index (χ0) is 15.0. The van der Waals surface area contributed by atoms with Crippen molar-refractivity contribution in [2.45, 2.75) is 51.3 Å². The number of hydrogen-bond donors (Lipinski definition) is 0. The van der Waals surface area contributed by atoms with Crippen LogP contribution < -0.4 is 0 Å². The molecule has 0 N–H and O–H groups in total. The average Bonchev–Trinajstić information content (AvgIpc) is 2.41. The lowest BCUT2D eigenvalue weighted by Gasteiger charge is -2.31. The highest BCUT2D eigenvalue weighted by atomic mass is 32.3. The topological polar surface area (TPSA) is 53.0 Å². The molecule has 1 aliphatic rings. The minimum absolute atomic E-state index is 0.225. The molecule has 0 aromatic heterocycles. The summed E-state index contributed by atoms with van der Waals surface area (Å²) in [4.78, 5) is 6.32. The Morgan fingerprint density at radius 1 is 1.37 bits per heavy atom. The molecular weight excluding hydrogens is 302 g/mol. The zero-order valence-corrected chi connectivity index (χ0v) is 14.6. The Bertz CT molecular complexity index is 477. The molecule has 0 aromatic carbocycles. The van der Waals surface area contributed by atoms with Crippen LogP contribution >= 0.6 is 24.0 Å². The molecule has 19 heavy (non-hydrogen) atoms. The van der Waals surface area contributed by atoms with Gasteiger partial charge in [0.25, 0.3) is 0 Å². The van der Waals surface area contributed by atoms with Crippen LogP contribution in [0.1, 0.15) is 34.6 Å². The number of hydrogen-bond acceptors (Lipinski definition) is 4. The lowest BCUT2D eigenvalue weighted by molar-refractivity contribution is 0.294. The second-order valence-electron chi connectivity index (χ2n) is 4.97. The quantitative estimate of drug-likeness (QED) is 0.729. The number of amidine groups is 1. The molecule has 0 aliphatic carbocycles. The van der Waals surface area contributed by atoms with Gasteiger partial charge in [-0.1, -0.05) is 11.8 Å². The molecule has 0 spiro atoms. The highest BCUT2D eigenvalue weighted by molar-refractivity contribution is 8.26. The first-order valence-corrected chi connectivity index (χ1v) is 8.93. The standard InChI is InChI=1S/C11H21N3O2S3/c1-7(2)14(8(3)4)10(17)12-11-13(6)19(15,16)9(5)18-11/h7-9H,1-6H3/b12-11-. The van der Waals surface area contributed by atoms with Gasteiger partial charge in [-0.25, -0.2) is 8.42 Å². The largest absolute Gasteiger partial charge is 0.343 e. The number of nitrogens with zero attached hydrogens (tertiary/aromatic N) is 3. The van der Waals surface area contributed by atoms with E-state index < -0.39 is 14.6 Å². The van der Waals surface area contributed by atoms with Crippen LogP contribution in [-0.4, -0.2) is 51.6 Å². The highest BCUT2D eigenvalue weighted by Gasteiger charge is 2.39. The highest BCUT2D eigenvalue weighted by Crippen LogP contribution is 2.31. The summed E-state index contributed by atoms with van der Waals surface area (Å²) in [5.74, 6) is 0. The van der Waals surface area contributed by atoms with Gasteiger partial charge in [-0.15, -0.1) is 0 Å². The molecule has 1 fully saturated rings. The first-order valence-electron chi connectivity index (χ1n) is 6.14. The summed E-state index contributed by atoms with van der Waals surface area (Å²) in [7, 11) is -1.76. The van der Waals surface area contributed by atoms with Crippen LogP contribution in [0.2, 0.25) is 0 Å². The van der Waals surface area contributed by atoms with E-state index in [9.17, 15) is 8.42 Å². The van der Waals surface area contributed by atoms with Gasteiger partial charge in [-0.05, 0) is 46.8 Å². The molecule has 110 valence electrons. The van der Waals surface area contributed by atoms with Crippen LogP contribution in [0.5, 0.6) is 0 Å². The van der Waals surface area contributed by atoms with Gasteiger partial charge < -0.3 is 4.90 Å². The molecule has 1 aliphatic heterocycles. The summed E-state index contributed by atoms with van der Waals surface area (Å²) in [5, 5.41) is 0.882. The predicted octanol–water partition coefficient (Wildman–Crippen LogP) is 2.10. The summed E-state index contributed by atoms with van der Waals surface area (Å²) in [6.45, 7) is 9.81. The normalized spacial score (nSPS) is 24.5.